The van der Waals surface area contributed by atoms with E-state index in [4.69, 9.17) is 11.6 Å². The van der Waals surface area contributed by atoms with Gasteiger partial charge in [-0.25, -0.2) is 17.9 Å². The number of hydrogen-bond acceptors (Lipinski definition) is 5. The molecule has 0 heterocycles. The van der Waals surface area contributed by atoms with Crippen LogP contribution in [-0.4, -0.2) is 50.2 Å². The van der Waals surface area contributed by atoms with Crippen LogP contribution in [0, 0.1) is 4.91 Å². The Morgan fingerprint density at radius 1 is 1.43 bits per heavy atom. The van der Waals surface area contributed by atoms with Gasteiger partial charge in [-0.3, -0.25) is 0 Å². The standard InChI is InChI=1S/C11H23ClN4O4S/c1-3-4-5-10(2)14-21(19,20)9-7-13-11(17)16(15-18)8-6-12/h10,14H,3-9H2,1-2H3,(H,13,17). The van der Waals surface area contributed by atoms with E-state index in [0.29, 0.717) is 5.01 Å². The lowest BCUT2D eigenvalue weighted by Gasteiger charge is -2.15. The van der Waals surface area contributed by atoms with E-state index in [0.717, 1.165) is 19.3 Å². The van der Waals surface area contributed by atoms with Crippen LogP contribution in [0.3, 0.4) is 0 Å². The molecule has 0 aliphatic rings. The van der Waals surface area contributed by atoms with Crippen molar-refractivity contribution in [2.24, 2.45) is 5.29 Å². The summed E-state index contributed by atoms with van der Waals surface area (Å²) in [7, 11) is -3.47. The summed E-state index contributed by atoms with van der Waals surface area (Å²) in [6.07, 6.45) is 2.71. The van der Waals surface area contributed by atoms with Crippen molar-refractivity contribution in [1.82, 2.24) is 15.0 Å². The van der Waals surface area contributed by atoms with Crippen LogP contribution in [-0.2, 0) is 10.0 Å². The number of alkyl halides is 1. The maximum Gasteiger partial charge on any atom is 0.340 e. The van der Waals surface area contributed by atoms with Gasteiger partial charge in [-0.2, -0.15) is 5.01 Å². The molecule has 1 unspecified atom stereocenters. The van der Waals surface area contributed by atoms with E-state index in [-0.39, 0.29) is 30.8 Å². The summed E-state index contributed by atoms with van der Waals surface area (Å²) in [6.45, 7) is 3.69. The van der Waals surface area contributed by atoms with Crippen molar-refractivity contribution in [3.05, 3.63) is 4.91 Å². The Bertz CT molecular complexity index is 418. The quantitative estimate of drug-likeness (QED) is 0.336. The van der Waals surface area contributed by atoms with Gasteiger partial charge in [0.25, 0.3) is 0 Å². The number of hydrogen-bond donors (Lipinski definition) is 2. The number of unbranched alkanes of at least 4 members (excludes halogenated alkanes) is 1. The molecule has 8 nitrogen and oxygen atoms in total. The predicted octanol–water partition coefficient (Wildman–Crippen LogP) is 1.42. The van der Waals surface area contributed by atoms with E-state index >= 15 is 0 Å². The molecule has 0 saturated carbocycles. The van der Waals surface area contributed by atoms with Crippen LogP contribution in [0.2, 0.25) is 0 Å². The minimum absolute atomic E-state index is 0.0318. The summed E-state index contributed by atoms with van der Waals surface area (Å²) in [4.78, 5) is 21.8. The molecule has 0 rings (SSSR count). The van der Waals surface area contributed by atoms with Crippen molar-refractivity contribution in [3.63, 3.8) is 0 Å². The fraction of sp³-hybridized carbons (Fsp3) is 0.909. The largest absolute Gasteiger partial charge is 0.340 e. The Balaban J connectivity index is 4.14. The minimum Gasteiger partial charge on any atom is -0.335 e. The Morgan fingerprint density at radius 3 is 2.62 bits per heavy atom. The highest BCUT2D eigenvalue weighted by Gasteiger charge is 2.17. The van der Waals surface area contributed by atoms with Gasteiger partial charge in [-0.15, -0.1) is 16.5 Å². The van der Waals surface area contributed by atoms with Gasteiger partial charge in [-0.05, 0) is 13.3 Å². The number of urea groups is 1. The molecule has 0 radical (unpaired) electrons. The zero-order chi connectivity index (χ0) is 16.3. The number of rotatable bonds is 11. The summed E-state index contributed by atoms with van der Waals surface area (Å²) in [5.41, 5.74) is 0. The molecule has 0 aromatic heterocycles. The maximum atomic E-state index is 11.8. The van der Waals surface area contributed by atoms with Crippen molar-refractivity contribution in [2.45, 2.75) is 39.2 Å². The summed E-state index contributed by atoms with van der Waals surface area (Å²) in [5, 5.41) is 5.41. The second-order valence-electron chi connectivity index (χ2n) is 4.61. The van der Waals surface area contributed by atoms with Crippen LogP contribution >= 0.6 is 11.6 Å². The molecular formula is C11H23ClN4O4S. The minimum atomic E-state index is -3.47. The van der Waals surface area contributed by atoms with Crippen LogP contribution in [0.1, 0.15) is 33.1 Å². The van der Waals surface area contributed by atoms with E-state index in [2.05, 4.69) is 15.3 Å². The summed E-state index contributed by atoms with van der Waals surface area (Å²) >= 11 is 5.40. The molecule has 0 aromatic rings. The first-order chi connectivity index (χ1) is 9.86. The van der Waals surface area contributed by atoms with E-state index in [9.17, 15) is 18.1 Å². The van der Waals surface area contributed by atoms with Gasteiger partial charge in [0, 0.05) is 18.5 Å². The van der Waals surface area contributed by atoms with Crippen molar-refractivity contribution in [3.8, 4) is 0 Å². The Labute approximate surface area is 130 Å². The molecule has 0 aliphatic heterocycles. The highest BCUT2D eigenvalue weighted by atomic mass is 35.5. The van der Waals surface area contributed by atoms with E-state index in [1.165, 1.54) is 0 Å². The number of halogens is 1. The van der Waals surface area contributed by atoms with Crippen LogP contribution in [0.15, 0.2) is 5.29 Å². The summed E-state index contributed by atoms with van der Waals surface area (Å²) < 4.78 is 26.1. The molecule has 0 aromatic carbocycles. The monoisotopic (exact) mass is 342 g/mol. The average molecular weight is 343 g/mol. The zero-order valence-electron chi connectivity index (χ0n) is 12.3. The highest BCUT2D eigenvalue weighted by molar-refractivity contribution is 7.89. The third-order valence-corrected chi connectivity index (χ3v) is 4.32. The zero-order valence-corrected chi connectivity index (χ0v) is 13.9. The topological polar surface area (TPSA) is 108 Å². The highest BCUT2D eigenvalue weighted by Crippen LogP contribution is 2.01. The van der Waals surface area contributed by atoms with Gasteiger partial charge in [-0.1, -0.05) is 19.8 Å². The fourth-order valence-corrected chi connectivity index (χ4v) is 2.96. The lowest BCUT2D eigenvalue weighted by atomic mass is 10.2. The second-order valence-corrected chi connectivity index (χ2v) is 6.86. The predicted molar refractivity (Wildman–Crippen MR) is 82.5 cm³/mol. The number of nitrogens with one attached hydrogen (secondary N) is 2. The molecule has 21 heavy (non-hydrogen) atoms. The Kier molecular flexibility index (Phi) is 10.3. The molecule has 1 atom stereocenters. The van der Waals surface area contributed by atoms with Crippen LogP contribution in [0.4, 0.5) is 4.79 Å². The van der Waals surface area contributed by atoms with E-state index in [1.54, 1.807) is 6.92 Å². The van der Waals surface area contributed by atoms with Gasteiger partial charge >= 0.3 is 6.03 Å². The number of carbonyl (C=O) groups excluding carboxylic acids is 1. The van der Waals surface area contributed by atoms with Crippen LogP contribution in [0.5, 0.6) is 0 Å². The molecule has 0 spiro atoms. The number of nitroso groups, excluding NO2 is 1. The number of nitrogens with zero attached hydrogens (tertiary/aromatic N) is 2. The second kappa shape index (κ2) is 10.7. The SMILES string of the molecule is CCCCC(C)NS(=O)(=O)CCNC(=O)N(CCCl)N=O. The third-order valence-electron chi connectivity index (χ3n) is 2.65. The van der Waals surface area contributed by atoms with Gasteiger partial charge in [0.1, 0.15) is 0 Å². The van der Waals surface area contributed by atoms with Gasteiger partial charge in [0.15, 0.2) is 0 Å². The fourth-order valence-electron chi connectivity index (χ4n) is 1.58. The van der Waals surface area contributed by atoms with E-state index < -0.39 is 16.1 Å². The average Bonchev–Trinajstić information content (AvgIpc) is 2.41. The molecule has 2 amide bonds. The summed E-state index contributed by atoms with van der Waals surface area (Å²) in [5.74, 6) is -0.198. The van der Waals surface area contributed by atoms with Gasteiger partial charge < -0.3 is 5.32 Å². The maximum absolute atomic E-state index is 11.8. The molecule has 0 fully saturated rings. The number of amides is 2. The molecule has 2 N–H and O–H groups in total. The first-order valence-corrected chi connectivity index (χ1v) is 8.99. The van der Waals surface area contributed by atoms with Gasteiger partial charge in [0.05, 0.1) is 17.6 Å². The first kappa shape index (κ1) is 20.1. The third kappa shape index (κ3) is 9.59. The Hall–Kier alpha value is -0.930. The number of sulfonamides is 1. The van der Waals surface area contributed by atoms with Crippen molar-refractivity contribution in [1.29, 1.82) is 0 Å². The van der Waals surface area contributed by atoms with Crippen molar-refractivity contribution in [2.75, 3.05) is 24.7 Å². The number of carbonyl (C=O) groups is 1. The molecule has 10 heteroatoms. The van der Waals surface area contributed by atoms with Crippen molar-refractivity contribution < 1.29 is 13.2 Å². The summed E-state index contributed by atoms with van der Waals surface area (Å²) in [6, 6.07) is -0.907. The molecular weight excluding hydrogens is 320 g/mol. The van der Waals surface area contributed by atoms with Gasteiger partial charge in [0.2, 0.25) is 10.0 Å². The molecule has 0 aliphatic carbocycles. The van der Waals surface area contributed by atoms with Crippen LogP contribution < -0.4 is 10.0 Å². The van der Waals surface area contributed by atoms with Crippen molar-refractivity contribution >= 4 is 27.7 Å². The Morgan fingerprint density at radius 2 is 2.10 bits per heavy atom. The first-order valence-electron chi connectivity index (χ1n) is 6.80. The molecule has 0 bridgehead atoms. The normalized spacial score (nSPS) is 12.7. The lowest BCUT2D eigenvalue weighted by Crippen LogP contribution is -2.42. The smallest absolute Gasteiger partial charge is 0.335 e. The molecule has 0 saturated heterocycles. The molecule has 124 valence electrons. The lowest BCUT2D eigenvalue weighted by molar-refractivity contribution is 0.203. The van der Waals surface area contributed by atoms with E-state index in [1.807, 2.05) is 6.92 Å². The van der Waals surface area contributed by atoms with Crippen LogP contribution in [0.25, 0.3) is 0 Å².